The first-order valence-electron chi connectivity index (χ1n) is 5.94. The van der Waals surface area contributed by atoms with Crippen LogP contribution in [0.5, 0.6) is 0 Å². The molecule has 6 heteroatoms. The van der Waals surface area contributed by atoms with Gasteiger partial charge in [-0.25, -0.2) is 12.7 Å². The van der Waals surface area contributed by atoms with E-state index in [1.54, 1.807) is 16.1 Å². The first-order chi connectivity index (χ1) is 7.99. The van der Waals surface area contributed by atoms with Crippen molar-refractivity contribution in [1.82, 2.24) is 4.31 Å². The molecule has 0 bridgehead atoms. The summed E-state index contributed by atoms with van der Waals surface area (Å²) in [7, 11) is -3.10. The molecule has 0 atom stereocenters. The fraction of sp³-hybridized carbons (Fsp3) is 0.909. The standard InChI is InChI=1S/C11H20N2O2S2/c1-3-4-9-17(14,15)13-7-5-11(10-12,16-2)6-8-13/h3-9H2,1-2H3. The summed E-state index contributed by atoms with van der Waals surface area (Å²) < 4.78 is 25.1. The normalized spacial score (nSPS) is 21.0. The number of sulfonamides is 1. The summed E-state index contributed by atoms with van der Waals surface area (Å²) >= 11 is 1.54. The van der Waals surface area contributed by atoms with Crippen molar-refractivity contribution >= 4 is 21.8 Å². The van der Waals surface area contributed by atoms with E-state index >= 15 is 0 Å². The van der Waals surface area contributed by atoms with Gasteiger partial charge in [-0.05, 0) is 25.5 Å². The van der Waals surface area contributed by atoms with Crippen molar-refractivity contribution < 1.29 is 8.42 Å². The van der Waals surface area contributed by atoms with Gasteiger partial charge in [-0.2, -0.15) is 5.26 Å². The molecule has 1 rings (SSSR count). The Bertz CT molecular complexity index is 379. The zero-order valence-corrected chi connectivity index (χ0v) is 12.1. The first kappa shape index (κ1) is 14.8. The van der Waals surface area contributed by atoms with Gasteiger partial charge < -0.3 is 0 Å². The predicted octanol–water partition coefficient (Wildman–Crippen LogP) is 1.84. The number of nitrogens with zero attached hydrogens (tertiary/aromatic N) is 2. The molecular formula is C11H20N2O2S2. The van der Waals surface area contributed by atoms with Gasteiger partial charge in [0.1, 0.15) is 4.75 Å². The van der Waals surface area contributed by atoms with Crippen LogP contribution in [0.3, 0.4) is 0 Å². The van der Waals surface area contributed by atoms with E-state index in [2.05, 4.69) is 6.07 Å². The number of unbranched alkanes of at least 4 members (excludes halogenated alkanes) is 1. The molecular weight excluding hydrogens is 256 g/mol. The van der Waals surface area contributed by atoms with Crippen LogP contribution in [-0.4, -0.2) is 42.6 Å². The molecule has 0 aromatic carbocycles. The topological polar surface area (TPSA) is 61.2 Å². The zero-order chi connectivity index (χ0) is 12.9. The van der Waals surface area contributed by atoms with Gasteiger partial charge in [0.25, 0.3) is 0 Å². The van der Waals surface area contributed by atoms with Gasteiger partial charge in [0.05, 0.1) is 11.8 Å². The van der Waals surface area contributed by atoms with Crippen LogP contribution in [0.2, 0.25) is 0 Å². The van der Waals surface area contributed by atoms with Gasteiger partial charge in [0.2, 0.25) is 10.0 Å². The second-order valence-corrected chi connectivity index (χ2v) is 7.66. The molecule has 1 aliphatic rings. The molecule has 0 aromatic rings. The van der Waals surface area contributed by atoms with Crippen molar-refractivity contribution in [3.63, 3.8) is 0 Å². The highest BCUT2D eigenvalue weighted by molar-refractivity contribution is 8.00. The van der Waals surface area contributed by atoms with E-state index in [9.17, 15) is 8.42 Å². The molecule has 0 unspecified atom stereocenters. The van der Waals surface area contributed by atoms with E-state index in [1.165, 1.54) is 0 Å². The summed E-state index contributed by atoms with van der Waals surface area (Å²) in [5.74, 6) is 0.238. The lowest BCUT2D eigenvalue weighted by Crippen LogP contribution is -2.45. The first-order valence-corrected chi connectivity index (χ1v) is 8.77. The molecule has 0 saturated carbocycles. The van der Waals surface area contributed by atoms with Crippen molar-refractivity contribution in [2.75, 3.05) is 25.1 Å². The largest absolute Gasteiger partial charge is 0.214 e. The Morgan fingerprint density at radius 1 is 1.41 bits per heavy atom. The molecule has 0 aromatic heterocycles. The van der Waals surface area contributed by atoms with Crippen LogP contribution in [-0.2, 0) is 10.0 Å². The van der Waals surface area contributed by atoms with Gasteiger partial charge in [-0.1, -0.05) is 13.3 Å². The highest BCUT2D eigenvalue weighted by Gasteiger charge is 2.37. The van der Waals surface area contributed by atoms with Crippen LogP contribution in [0.4, 0.5) is 0 Å². The number of piperidine rings is 1. The molecule has 1 fully saturated rings. The van der Waals surface area contributed by atoms with Crippen molar-refractivity contribution in [1.29, 1.82) is 5.26 Å². The van der Waals surface area contributed by atoms with Gasteiger partial charge >= 0.3 is 0 Å². The molecule has 17 heavy (non-hydrogen) atoms. The molecule has 98 valence electrons. The Balaban J connectivity index is 2.61. The lowest BCUT2D eigenvalue weighted by atomic mass is 9.99. The van der Waals surface area contributed by atoms with E-state index < -0.39 is 10.0 Å². The number of nitriles is 1. The monoisotopic (exact) mass is 276 g/mol. The number of rotatable bonds is 5. The zero-order valence-electron chi connectivity index (χ0n) is 10.5. The van der Waals surface area contributed by atoms with Crippen LogP contribution in [0.1, 0.15) is 32.6 Å². The highest BCUT2D eigenvalue weighted by atomic mass is 32.2. The van der Waals surface area contributed by atoms with Crippen molar-refractivity contribution in [3.05, 3.63) is 0 Å². The molecule has 0 spiro atoms. The molecule has 1 heterocycles. The fourth-order valence-electron chi connectivity index (χ4n) is 1.94. The Morgan fingerprint density at radius 3 is 2.41 bits per heavy atom. The Labute approximate surface area is 108 Å². The average Bonchev–Trinajstić information content (AvgIpc) is 2.36. The van der Waals surface area contributed by atoms with Crippen LogP contribution in [0.25, 0.3) is 0 Å². The van der Waals surface area contributed by atoms with E-state index in [1.807, 2.05) is 13.2 Å². The average molecular weight is 276 g/mol. The number of thioether (sulfide) groups is 1. The summed E-state index contributed by atoms with van der Waals surface area (Å²) in [5.41, 5.74) is 0. The summed E-state index contributed by atoms with van der Waals surface area (Å²) in [6, 6.07) is 2.32. The third-order valence-electron chi connectivity index (χ3n) is 3.27. The Hall–Kier alpha value is -0.250. The van der Waals surface area contributed by atoms with Gasteiger partial charge in [-0.3, -0.25) is 0 Å². The van der Waals surface area contributed by atoms with Crippen LogP contribution < -0.4 is 0 Å². The smallest absolute Gasteiger partial charge is 0.212 e. The van der Waals surface area contributed by atoms with Crippen molar-refractivity contribution in [3.8, 4) is 6.07 Å². The molecule has 1 saturated heterocycles. The van der Waals surface area contributed by atoms with Crippen LogP contribution in [0.15, 0.2) is 0 Å². The molecule has 0 radical (unpaired) electrons. The van der Waals surface area contributed by atoms with Crippen molar-refractivity contribution in [2.24, 2.45) is 0 Å². The molecule has 1 aliphatic heterocycles. The van der Waals surface area contributed by atoms with Gasteiger partial charge in [0, 0.05) is 13.1 Å². The van der Waals surface area contributed by atoms with Crippen LogP contribution in [0, 0.1) is 11.3 Å². The van der Waals surface area contributed by atoms with Crippen LogP contribution >= 0.6 is 11.8 Å². The Kier molecular flexibility index (Phi) is 5.29. The lowest BCUT2D eigenvalue weighted by Gasteiger charge is -2.35. The third kappa shape index (κ3) is 3.60. The van der Waals surface area contributed by atoms with E-state index in [0.29, 0.717) is 32.4 Å². The summed E-state index contributed by atoms with van der Waals surface area (Å²) in [4.78, 5) is 0. The minimum Gasteiger partial charge on any atom is -0.212 e. The second kappa shape index (κ2) is 6.07. The third-order valence-corrected chi connectivity index (χ3v) is 6.51. The Morgan fingerprint density at radius 2 is 2.00 bits per heavy atom. The minimum atomic E-state index is -3.10. The van der Waals surface area contributed by atoms with E-state index in [0.717, 1.165) is 6.42 Å². The summed E-state index contributed by atoms with van der Waals surface area (Å²) in [6.07, 6.45) is 4.79. The molecule has 0 aliphatic carbocycles. The maximum atomic E-state index is 12.0. The summed E-state index contributed by atoms with van der Waals surface area (Å²) in [6.45, 7) is 2.96. The molecule has 4 nitrogen and oxygen atoms in total. The fourth-order valence-corrected chi connectivity index (χ4v) is 4.28. The van der Waals surface area contributed by atoms with E-state index in [4.69, 9.17) is 5.26 Å². The maximum absolute atomic E-state index is 12.0. The maximum Gasteiger partial charge on any atom is 0.214 e. The van der Waals surface area contributed by atoms with Gasteiger partial charge in [-0.15, -0.1) is 11.8 Å². The molecule has 0 N–H and O–H groups in total. The second-order valence-electron chi connectivity index (χ2n) is 4.38. The molecule has 0 amide bonds. The summed E-state index contributed by atoms with van der Waals surface area (Å²) in [5, 5.41) is 9.13. The van der Waals surface area contributed by atoms with E-state index in [-0.39, 0.29) is 10.5 Å². The SMILES string of the molecule is CCCCS(=O)(=O)N1CCC(C#N)(SC)CC1. The minimum absolute atomic E-state index is 0.238. The number of hydrogen-bond acceptors (Lipinski definition) is 4. The number of hydrogen-bond donors (Lipinski definition) is 0. The predicted molar refractivity (Wildman–Crippen MR) is 71.4 cm³/mol. The quantitative estimate of drug-likeness (QED) is 0.768. The highest BCUT2D eigenvalue weighted by Crippen LogP contribution is 2.34. The van der Waals surface area contributed by atoms with Gasteiger partial charge in [0.15, 0.2) is 0 Å². The lowest BCUT2D eigenvalue weighted by molar-refractivity contribution is 0.327. The van der Waals surface area contributed by atoms with Crippen molar-refractivity contribution in [2.45, 2.75) is 37.4 Å².